The molecule has 0 aliphatic rings. The van der Waals surface area contributed by atoms with Crippen LogP contribution in [0.15, 0.2) is 45.5 Å². The first-order chi connectivity index (χ1) is 13.9. The van der Waals surface area contributed by atoms with Crippen LogP contribution in [0, 0.1) is 6.92 Å². The summed E-state index contributed by atoms with van der Waals surface area (Å²) in [5.74, 6) is 0.487. The van der Waals surface area contributed by atoms with Gasteiger partial charge in [-0.15, -0.1) is 5.10 Å². The van der Waals surface area contributed by atoms with Gasteiger partial charge < -0.3 is 4.74 Å². The van der Waals surface area contributed by atoms with Gasteiger partial charge in [-0.05, 0) is 42.0 Å². The second-order valence-corrected chi connectivity index (χ2v) is 6.57. The average molecular weight is 396 g/mol. The van der Waals surface area contributed by atoms with Gasteiger partial charge in [0, 0.05) is 32.3 Å². The Labute approximate surface area is 168 Å². The van der Waals surface area contributed by atoms with Crippen molar-refractivity contribution < 1.29 is 4.74 Å². The Morgan fingerprint density at radius 2 is 1.97 bits per heavy atom. The first-order valence-electron chi connectivity index (χ1n) is 9.22. The van der Waals surface area contributed by atoms with Crippen molar-refractivity contribution in [1.82, 2.24) is 29.6 Å². The normalized spacial score (nSPS) is 12.4. The number of nitrogens with zero attached hydrogens (tertiary/aromatic N) is 8. The highest BCUT2D eigenvalue weighted by Crippen LogP contribution is 2.18. The summed E-state index contributed by atoms with van der Waals surface area (Å²) in [4.78, 5) is 12.3. The molecule has 0 radical (unpaired) electrons. The minimum absolute atomic E-state index is 0.232. The Bertz CT molecular complexity index is 1120. The van der Waals surface area contributed by atoms with Crippen LogP contribution in [0.4, 0.5) is 0 Å². The van der Waals surface area contributed by atoms with Crippen LogP contribution in [0.25, 0.3) is 5.69 Å². The summed E-state index contributed by atoms with van der Waals surface area (Å²) >= 11 is 0. The number of aryl methyl sites for hydroxylation is 3. The predicted molar refractivity (Wildman–Crippen MR) is 109 cm³/mol. The molecule has 0 amide bonds. The van der Waals surface area contributed by atoms with Crippen LogP contribution in [0.1, 0.15) is 37.1 Å². The standard InChI is InChI=1S/C19H24N8O2/c1-6-18(21-20-14(3)16-10-11-25(4)22-16)29-12-15-13(2)8-7-9-17(15)27-19(28)26(5)23-24-27/h7-11H,6,12H2,1-5H3. The topological polar surface area (TPSA) is 104 Å². The molecule has 0 unspecified atom stereocenters. The predicted octanol–water partition coefficient (Wildman–Crippen LogP) is 1.76. The molecule has 2 aromatic heterocycles. The van der Waals surface area contributed by atoms with Crippen LogP contribution in [-0.4, -0.2) is 41.2 Å². The summed E-state index contributed by atoms with van der Waals surface area (Å²) in [7, 11) is 3.41. The number of hydrogen-bond acceptors (Lipinski definition) is 7. The molecule has 152 valence electrons. The summed E-state index contributed by atoms with van der Waals surface area (Å²) in [6.07, 6.45) is 2.43. The number of benzene rings is 1. The first kappa shape index (κ1) is 20.2. The average Bonchev–Trinajstić information content (AvgIpc) is 3.28. The molecule has 0 saturated heterocycles. The molecular formula is C19H24N8O2. The smallest absolute Gasteiger partial charge is 0.368 e. The van der Waals surface area contributed by atoms with Gasteiger partial charge in [0.2, 0.25) is 5.90 Å². The summed E-state index contributed by atoms with van der Waals surface area (Å²) in [6.45, 7) is 5.97. The van der Waals surface area contributed by atoms with Crippen molar-refractivity contribution in [3.05, 3.63) is 57.8 Å². The molecule has 0 saturated carbocycles. The maximum Gasteiger partial charge on any atom is 0.368 e. The molecule has 0 aliphatic carbocycles. The Hall–Kier alpha value is -3.56. The first-order valence-corrected chi connectivity index (χ1v) is 9.22. The molecule has 29 heavy (non-hydrogen) atoms. The highest BCUT2D eigenvalue weighted by atomic mass is 16.5. The van der Waals surface area contributed by atoms with Crippen molar-refractivity contribution in [2.45, 2.75) is 33.8 Å². The zero-order chi connectivity index (χ0) is 21.0. The van der Waals surface area contributed by atoms with E-state index in [0.29, 0.717) is 23.7 Å². The van der Waals surface area contributed by atoms with Gasteiger partial charge in [0.05, 0.1) is 11.4 Å². The molecule has 0 N–H and O–H groups in total. The molecule has 0 aliphatic heterocycles. The second kappa shape index (κ2) is 8.63. The Balaban J connectivity index is 1.83. The Kier molecular flexibility index (Phi) is 6.01. The zero-order valence-electron chi connectivity index (χ0n) is 17.2. The van der Waals surface area contributed by atoms with Gasteiger partial charge in [0.25, 0.3) is 0 Å². The van der Waals surface area contributed by atoms with E-state index in [0.717, 1.165) is 16.8 Å². The van der Waals surface area contributed by atoms with Crippen molar-refractivity contribution in [2.24, 2.45) is 24.3 Å². The van der Waals surface area contributed by atoms with Crippen molar-refractivity contribution in [3.8, 4) is 5.69 Å². The monoisotopic (exact) mass is 396 g/mol. The summed E-state index contributed by atoms with van der Waals surface area (Å²) in [6, 6.07) is 7.51. The summed E-state index contributed by atoms with van der Waals surface area (Å²) in [5.41, 5.74) is 3.58. The van der Waals surface area contributed by atoms with Gasteiger partial charge in [0.15, 0.2) is 0 Å². The molecule has 2 heterocycles. The molecule has 0 bridgehead atoms. The van der Waals surface area contributed by atoms with Gasteiger partial charge in [-0.3, -0.25) is 4.68 Å². The molecule has 0 atom stereocenters. The number of ether oxygens (including phenoxy) is 1. The lowest BCUT2D eigenvalue weighted by Crippen LogP contribution is -2.23. The van der Waals surface area contributed by atoms with Crippen molar-refractivity contribution >= 4 is 11.6 Å². The van der Waals surface area contributed by atoms with Crippen molar-refractivity contribution in [2.75, 3.05) is 0 Å². The molecular weight excluding hydrogens is 372 g/mol. The van der Waals surface area contributed by atoms with E-state index >= 15 is 0 Å². The van der Waals surface area contributed by atoms with Gasteiger partial charge in [0.1, 0.15) is 12.3 Å². The van der Waals surface area contributed by atoms with Crippen LogP contribution in [0.3, 0.4) is 0 Å². The fourth-order valence-electron chi connectivity index (χ4n) is 2.68. The fraction of sp³-hybridized carbons (Fsp3) is 0.368. The van der Waals surface area contributed by atoms with Crippen LogP contribution in [-0.2, 0) is 25.4 Å². The maximum absolute atomic E-state index is 12.3. The zero-order valence-corrected chi connectivity index (χ0v) is 17.2. The van der Waals surface area contributed by atoms with Gasteiger partial charge in [-0.2, -0.15) is 19.6 Å². The highest BCUT2D eigenvalue weighted by Gasteiger charge is 2.14. The van der Waals surface area contributed by atoms with Crippen molar-refractivity contribution in [1.29, 1.82) is 0 Å². The maximum atomic E-state index is 12.3. The minimum Gasteiger partial charge on any atom is -0.475 e. The van der Waals surface area contributed by atoms with E-state index in [1.807, 2.05) is 58.3 Å². The largest absolute Gasteiger partial charge is 0.475 e. The third-order valence-corrected chi connectivity index (χ3v) is 4.42. The number of rotatable bonds is 6. The molecule has 10 nitrogen and oxygen atoms in total. The van der Waals surface area contributed by atoms with E-state index in [1.54, 1.807) is 11.7 Å². The molecule has 1 aromatic carbocycles. The molecule has 0 spiro atoms. The third-order valence-electron chi connectivity index (χ3n) is 4.42. The fourth-order valence-corrected chi connectivity index (χ4v) is 2.68. The minimum atomic E-state index is -0.322. The number of hydrogen-bond donors (Lipinski definition) is 0. The lowest BCUT2D eigenvalue weighted by molar-refractivity contribution is 0.282. The van der Waals surface area contributed by atoms with Gasteiger partial charge in [-0.25, -0.2) is 4.79 Å². The van der Waals surface area contributed by atoms with E-state index < -0.39 is 0 Å². The molecule has 3 aromatic rings. The number of aromatic nitrogens is 6. The molecule has 10 heteroatoms. The molecule has 3 rings (SSSR count). The summed E-state index contributed by atoms with van der Waals surface area (Å²) in [5, 5.41) is 20.5. The lowest BCUT2D eigenvalue weighted by Gasteiger charge is -2.13. The summed E-state index contributed by atoms with van der Waals surface area (Å²) < 4.78 is 10.1. The van der Waals surface area contributed by atoms with E-state index in [1.165, 1.54) is 9.36 Å². The van der Waals surface area contributed by atoms with Gasteiger partial charge in [-0.1, -0.05) is 19.1 Å². The van der Waals surface area contributed by atoms with Crippen LogP contribution >= 0.6 is 0 Å². The van der Waals surface area contributed by atoms with E-state index in [9.17, 15) is 4.79 Å². The molecule has 0 fully saturated rings. The quantitative estimate of drug-likeness (QED) is 0.359. The van der Waals surface area contributed by atoms with Crippen LogP contribution in [0.2, 0.25) is 0 Å². The second-order valence-electron chi connectivity index (χ2n) is 6.57. The van der Waals surface area contributed by atoms with E-state index in [4.69, 9.17) is 4.74 Å². The van der Waals surface area contributed by atoms with E-state index in [-0.39, 0.29) is 12.3 Å². The van der Waals surface area contributed by atoms with Crippen LogP contribution in [0.5, 0.6) is 0 Å². The highest BCUT2D eigenvalue weighted by molar-refractivity contribution is 5.97. The van der Waals surface area contributed by atoms with E-state index in [2.05, 4.69) is 25.7 Å². The Morgan fingerprint density at radius 1 is 1.17 bits per heavy atom. The third kappa shape index (κ3) is 4.48. The lowest BCUT2D eigenvalue weighted by atomic mass is 10.1. The van der Waals surface area contributed by atoms with Crippen LogP contribution < -0.4 is 5.69 Å². The van der Waals surface area contributed by atoms with Crippen molar-refractivity contribution in [3.63, 3.8) is 0 Å². The Morgan fingerprint density at radius 3 is 2.59 bits per heavy atom. The van der Waals surface area contributed by atoms with Gasteiger partial charge >= 0.3 is 5.69 Å². The SMILES string of the molecule is CCC(=NN=C(C)c1ccn(C)n1)OCc1c(C)cccc1-n1nnn(C)c1=O. The number of tetrazole rings is 1.